The lowest BCUT2D eigenvalue weighted by Gasteiger charge is -1.83. The van der Waals surface area contributed by atoms with Crippen molar-refractivity contribution in [2.45, 2.75) is 19.8 Å². The molecule has 0 amide bonds. The molecule has 0 aromatic carbocycles. The molecule has 0 aliphatic carbocycles. The van der Waals surface area contributed by atoms with Crippen LogP contribution in [0.1, 0.15) is 19.8 Å². The lowest BCUT2D eigenvalue weighted by molar-refractivity contribution is 0.289. The van der Waals surface area contributed by atoms with Crippen LogP contribution in [-0.2, 0) is 0 Å². The van der Waals surface area contributed by atoms with E-state index in [0.717, 1.165) is 12.8 Å². The van der Waals surface area contributed by atoms with Gasteiger partial charge in [-0.2, -0.15) is 0 Å². The summed E-state index contributed by atoms with van der Waals surface area (Å²) in [5.74, 6) is 0. The summed E-state index contributed by atoms with van der Waals surface area (Å²) in [6.45, 7) is 2.29. The summed E-state index contributed by atoms with van der Waals surface area (Å²) in [5, 5.41) is 8.26. The van der Waals surface area contributed by atoms with E-state index < -0.39 is 0 Å². The number of aliphatic hydroxyl groups is 1. The van der Waals surface area contributed by atoms with Gasteiger partial charge in [0.25, 0.3) is 0 Å². The van der Waals surface area contributed by atoms with Crippen LogP contribution in [-0.4, -0.2) is 11.7 Å². The quantitative estimate of drug-likeness (QED) is 0.419. The fraction of sp³-hybridized carbons (Fsp3) is 0.667. The molecule has 1 nitrogen and oxygen atoms in total. The molecule has 0 unspecified atom stereocenters. The third kappa shape index (κ3) is 5.70. The summed E-state index contributed by atoms with van der Waals surface area (Å²) in [5.41, 5.74) is 0. The number of hydrogen-bond donors (Lipinski definition) is 1. The van der Waals surface area contributed by atoms with Crippen molar-refractivity contribution in [1.29, 1.82) is 0 Å². The van der Waals surface area contributed by atoms with Crippen LogP contribution in [0.25, 0.3) is 0 Å². The van der Waals surface area contributed by atoms with E-state index in [4.69, 9.17) is 5.11 Å². The Morgan fingerprint density at radius 3 is 2.71 bits per heavy atom. The zero-order chi connectivity index (χ0) is 5.54. The first-order valence-electron chi connectivity index (χ1n) is 2.64. The van der Waals surface area contributed by atoms with E-state index in [9.17, 15) is 0 Å². The first-order chi connectivity index (χ1) is 3.41. The number of hydrogen-bond acceptors (Lipinski definition) is 1. The van der Waals surface area contributed by atoms with Crippen LogP contribution in [0.5, 0.6) is 0 Å². The molecule has 7 heavy (non-hydrogen) atoms. The molecule has 0 rings (SSSR count). The van der Waals surface area contributed by atoms with Crippen molar-refractivity contribution >= 4 is 0 Å². The van der Waals surface area contributed by atoms with Crippen LogP contribution < -0.4 is 0 Å². The average molecular weight is 100 g/mol. The topological polar surface area (TPSA) is 20.2 Å². The van der Waals surface area contributed by atoms with E-state index in [1.54, 1.807) is 0 Å². The molecule has 0 atom stereocenters. The van der Waals surface area contributed by atoms with E-state index >= 15 is 0 Å². The molecule has 0 saturated carbocycles. The lowest BCUT2D eigenvalue weighted by Crippen LogP contribution is -1.77. The molecule has 1 heteroatoms. The maximum absolute atomic E-state index is 8.26. The summed E-state index contributed by atoms with van der Waals surface area (Å²) < 4.78 is 0. The molecule has 1 N–H and O–H groups in total. The largest absolute Gasteiger partial charge is 0.396 e. The van der Waals surface area contributed by atoms with E-state index in [0.29, 0.717) is 6.61 Å². The molecule has 0 heterocycles. The summed E-state index contributed by atoms with van der Waals surface area (Å²) in [7, 11) is 0. The Morgan fingerprint density at radius 1 is 1.57 bits per heavy atom. The zero-order valence-electron chi connectivity index (χ0n) is 4.72. The van der Waals surface area contributed by atoms with Crippen LogP contribution in [0.3, 0.4) is 0 Å². The number of aliphatic hydroxyl groups excluding tert-OH is 1. The summed E-state index contributed by atoms with van der Waals surface area (Å²) in [6, 6.07) is 0. The second-order valence-corrected chi connectivity index (χ2v) is 1.43. The minimum absolute atomic E-state index is 0.310. The molecule has 0 aromatic rings. The number of unbranched alkanes of at least 4 members (excludes halogenated alkanes) is 1. The summed E-state index contributed by atoms with van der Waals surface area (Å²) in [4.78, 5) is 0. The third-order valence-corrected chi connectivity index (χ3v) is 0.765. The second-order valence-electron chi connectivity index (χ2n) is 1.43. The Kier molecular flexibility index (Phi) is 5.46. The zero-order valence-corrected chi connectivity index (χ0v) is 4.72. The molecule has 0 aliphatic rings. The molecule has 0 fully saturated rings. The fourth-order valence-electron chi connectivity index (χ4n) is 0.376. The molecular weight excluding hydrogens is 88.1 g/mol. The SMILES string of the molecule is CC=CCCCO. The lowest BCUT2D eigenvalue weighted by atomic mass is 10.3. The first kappa shape index (κ1) is 6.70. The van der Waals surface area contributed by atoms with Crippen molar-refractivity contribution in [3.8, 4) is 0 Å². The highest BCUT2D eigenvalue weighted by atomic mass is 16.2. The van der Waals surface area contributed by atoms with E-state index in [2.05, 4.69) is 6.08 Å². The normalized spacial score (nSPS) is 10.6. The summed E-state index contributed by atoms with van der Waals surface area (Å²) >= 11 is 0. The first-order valence-corrected chi connectivity index (χ1v) is 2.64. The van der Waals surface area contributed by atoms with Gasteiger partial charge in [-0.25, -0.2) is 0 Å². The molecule has 0 aromatic heterocycles. The molecule has 0 saturated heterocycles. The van der Waals surface area contributed by atoms with Gasteiger partial charge >= 0.3 is 0 Å². The Labute approximate surface area is 44.7 Å². The Balaban J connectivity index is 2.69. The van der Waals surface area contributed by atoms with Crippen molar-refractivity contribution in [2.75, 3.05) is 6.61 Å². The standard InChI is InChI=1S/C6H12O/c1-2-3-4-5-6-7/h2-3,7H,4-6H2,1H3. The van der Waals surface area contributed by atoms with E-state index in [1.165, 1.54) is 0 Å². The maximum Gasteiger partial charge on any atom is 0.0433 e. The van der Waals surface area contributed by atoms with Crippen molar-refractivity contribution in [2.24, 2.45) is 0 Å². The Hall–Kier alpha value is -0.300. The van der Waals surface area contributed by atoms with Crippen LogP contribution in [0.2, 0.25) is 0 Å². The molecule has 0 radical (unpaired) electrons. The molecule has 0 spiro atoms. The van der Waals surface area contributed by atoms with Crippen molar-refractivity contribution in [1.82, 2.24) is 0 Å². The van der Waals surface area contributed by atoms with Gasteiger partial charge in [0.15, 0.2) is 0 Å². The van der Waals surface area contributed by atoms with E-state index in [1.807, 2.05) is 13.0 Å². The van der Waals surface area contributed by atoms with Gasteiger partial charge < -0.3 is 5.11 Å². The van der Waals surface area contributed by atoms with Gasteiger partial charge in [-0.3, -0.25) is 0 Å². The number of rotatable bonds is 3. The van der Waals surface area contributed by atoms with Gasteiger partial charge in [0.05, 0.1) is 0 Å². The van der Waals surface area contributed by atoms with Crippen LogP contribution in [0, 0.1) is 0 Å². The molecule has 0 aliphatic heterocycles. The van der Waals surface area contributed by atoms with Crippen LogP contribution >= 0.6 is 0 Å². The highest BCUT2D eigenvalue weighted by Gasteiger charge is 1.74. The van der Waals surface area contributed by atoms with E-state index in [-0.39, 0.29) is 0 Å². The van der Waals surface area contributed by atoms with Crippen molar-refractivity contribution in [3.05, 3.63) is 12.2 Å². The Bertz CT molecular complexity index is 48.1. The number of allylic oxidation sites excluding steroid dienone is 2. The molecular formula is C6H12O. The van der Waals surface area contributed by atoms with Crippen molar-refractivity contribution < 1.29 is 5.11 Å². The third-order valence-electron chi connectivity index (χ3n) is 0.765. The van der Waals surface area contributed by atoms with Gasteiger partial charge in [0, 0.05) is 6.61 Å². The van der Waals surface area contributed by atoms with Crippen LogP contribution in [0.15, 0.2) is 12.2 Å². The average Bonchev–Trinajstić information content (AvgIpc) is 1.69. The van der Waals surface area contributed by atoms with Crippen LogP contribution in [0.4, 0.5) is 0 Å². The predicted octanol–water partition coefficient (Wildman–Crippen LogP) is 1.33. The molecule has 0 bridgehead atoms. The highest BCUT2D eigenvalue weighted by molar-refractivity contribution is 4.75. The maximum atomic E-state index is 8.26. The second kappa shape index (κ2) is 5.70. The minimum Gasteiger partial charge on any atom is -0.396 e. The van der Waals surface area contributed by atoms with Gasteiger partial charge in [0.1, 0.15) is 0 Å². The van der Waals surface area contributed by atoms with Crippen molar-refractivity contribution in [3.63, 3.8) is 0 Å². The molecule has 42 valence electrons. The Morgan fingerprint density at radius 2 is 2.29 bits per heavy atom. The fourth-order valence-corrected chi connectivity index (χ4v) is 0.376. The van der Waals surface area contributed by atoms with Gasteiger partial charge in [0.2, 0.25) is 0 Å². The summed E-state index contributed by atoms with van der Waals surface area (Å²) in [6.07, 6.45) is 5.95. The van der Waals surface area contributed by atoms with Gasteiger partial charge in [-0.1, -0.05) is 12.2 Å². The highest BCUT2D eigenvalue weighted by Crippen LogP contribution is 1.86. The smallest absolute Gasteiger partial charge is 0.0433 e. The predicted molar refractivity (Wildman–Crippen MR) is 31.1 cm³/mol. The van der Waals surface area contributed by atoms with Gasteiger partial charge in [-0.15, -0.1) is 0 Å². The van der Waals surface area contributed by atoms with Gasteiger partial charge in [-0.05, 0) is 19.8 Å². The monoisotopic (exact) mass is 100 g/mol. The minimum atomic E-state index is 0.310.